The fraction of sp³-hybridized carbons (Fsp3) is 0. The maximum Gasteiger partial charge on any atom is 0.337 e. The standard InChI is InChI=1S/C7H3ClN2O.C7H4N2O2/c8-7(11)5-1-2-6(3-9)10-4-5;8-3-6-2-1-5(4-9-6)7(10)11/h1-2,4H;1-2,4H,(H,10,11). The van der Waals surface area contributed by atoms with Crippen molar-refractivity contribution in [2.45, 2.75) is 0 Å². The molecule has 0 spiro atoms. The summed E-state index contributed by atoms with van der Waals surface area (Å²) in [6.07, 6.45) is 2.43. The van der Waals surface area contributed by atoms with Gasteiger partial charge < -0.3 is 5.11 Å². The van der Waals surface area contributed by atoms with Crippen molar-refractivity contribution in [1.29, 1.82) is 10.5 Å². The number of aromatic nitrogens is 2. The molecule has 2 aromatic rings. The van der Waals surface area contributed by atoms with Crippen LogP contribution in [0, 0.1) is 22.7 Å². The van der Waals surface area contributed by atoms with Crippen LogP contribution in [0.1, 0.15) is 32.1 Å². The van der Waals surface area contributed by atoms with Crippen LogP contribution in [0.4, 0.5) is 0 Å². The smallest absolute Gasteiger partial charge is 0.337 e. The van der Waals surface area contributed by atoms with Crippen LogP contribution in [0.5, 0.6) is 0 Å². The highest BCUT2D eigenvalue weighted by Crippen LogP contribution is 2.02. The number of halogens is 1. The lowest BCUT2D eigenvalue weighted by Gasteiger charge is -1.90. The Hall–Kier alpha value is -3.29. The van der Waals surface area contributed by atoms with Crippen LogP contribution < -0.4 is 0 Å². The Morgan fingerprint density at radius 3 is 1.68 bits per heavy atom. The van der Waals surface area contributed by atoms with Gasteiger partial charge in [0.1, 0.15) is 23.5 Å². The summed E-state index contributed by atoms with van der Waals surface area (Å²) in [4.78, 5) is 28.0. The van der Waals surface area contributed by atoms with Gasteiger partial charge in [-0.25, -0.2) is 14.8 Å². The number of aromatic carboxylic acids is 1. The van der Waals surface area contributed by atoms with E-state index in [1.54, 1.807) is 6.07 Å². The molecule has 8 heteroatoms. The molecular weight excluding hydrogens is 308 g/mol. The molecule has 1 N–H and O–H groups in total. The van der Waals surface area contributed by atoms with Crippen LogP contribution in [0.2, 0.25) is 0 Å². The maximum absolute atomic E-state index is 10.5. The molecule has 7 nitrogen and oxygen atoms in total. The quantitative estimate of drug-likeness (QED) is 0.839. The van der Waals surface area contributed by atoms with Gasteiger partial charge in [0, 0.05) is 12.4 Å². The molecule has 0 saturated carbocycles. The van der Waals surface area contributed by atoms with E-state index in [-0.39, 0.29) is 17.0 Å². The second kappa shape index (κ2) is 8.10. The summed E-state index contributed by atoms with van der Waals surface area (Å²) >= 11 is 5.14. The molecule has 2 heterocycles. The van der Waals surface area contributed by atoms with Crippen molar-refractivity contribution in [2.75, 3.05) is 0 Å². The lowest BCUT2D eigenvalue weighted by Crippen LogP contribution is -1.96. The molecule has 0 bridgehead atoms. The van der Waals surface area contributed by atoms with Crippen LogP contribution in [0.15, 0.2) is 36.7 Å². The molecule has 0 saturated heterocycles. The predicted octanol–water partition coefficient (Wildman–Crippen LogP) is 1.98. The molecule has 0 radical (unpaired) electrons. The van der Waals surface area contributed by atoms with E-state index >= 15 is 0 Å². The van der Waals surface area contributed by atoms with Crippen molar-refractivity contribution < 1.29 is 14.7 Å². The van der Waals surface area contributed by atoms with Crippen LogP contribution in [-0.4, -0.2) is 26.3 Å². The van der Waals surface area contributed by atoms with Gasteiger partial charge in [-0.05, 0) is 35.9 Å². The Morgan fingerprint density at radius 2 is 1.41 bits per heavy atom. The highest BCUT2D eigenvalue weighted by molar-refractivity contribution is 6.67. The molecule has 0 aromatic carbocycles. The molecule has 0 amide bonds. The zero-order valence-corrected chi connectivity index (χ0v) is 11.7. The van der Waals surface area contributed by atoms with Gasteiger partial charge in [0.25, 0.3) is 5.24 Å². The molecule has 0 aliphatic rings. The second-order valence-corrected chi connectivity index (χ2v) is 4.01. The van der Waals surface area contributed by atoms with E-state index in [0.29, 0.717) is 5.56 Å². The highest BCUT2D eigenvalue weighted by Gasteiger charge is 2.01. The third-order valence-electron chi connectivity index (χ3n) is 2.23. The van der Waals surface area contributed by atoms with Crippen LogP contribution in [0.3, 0.4) is 0 Å². The van der Waals surface area contributed by atoms with Gasteiger partial charge in [0.05, 0.1) is 11.1 Å². The number of nitrogens with zero attached hydrogens (tertiary/aromatic N) is 4. The highest BCUT2D eigenvalue weighted by atomic mass is 35.5. The lowest BCUT2D eigenvalue weighted by molar-refractivity contribution is 0.0696. The first-order chi connectivity index (χ1) is 10.5. The first-order valence-electron chi connectivity index (χ1n) is 5.63. The Bertz CT molecular complexity index is 691. The summed E-state index contributed by atoms with van der Waals surface area (Å²) in [7, 11) is 0. The first kappa shape index (κ1) is 16.8. The number of hydrogen-bond acceptors (Lipinski definition) is 6. The van der Waals surface area contributed by atoms with Gasteiger partial charge in [-0.3, -0.25) is 4.79 Å². The molecule has 22 heavy (non-hydrogen) atoms. The summed E-state index contributed by atoms with van der Waals surface area (Å²) in [6.45, 7) is 0. The minimum atomic E-state index is -1.04. The van der Waals surface area contributed by atoms with Crippen molar-refractivity contribution in [3.05, 3.63) is 59.2 Å². The molecule has 0 fully saturated rings. The maximum atomic E-state index is 10.5. The van der Waals surface area contributed by atoms with Gasteiger partial charge in [0.15, 0.2) is 0 Å². The third-order valence-corrected chi connectivity index (χ3v) is 2.45. The van der Waals surface area contributed by atoms with Gasteiger partial charge >= 0.3 is 5.97 Å². The predicted molar refractivity (Wildman–Crippen MR) is 75.0 cm³/mol. The van der Waals surface area contributed by atoms with Crippen molar-refractivity contribution in [3.63, 3.8) is 0 Å². The monoisotopic (exact) mass is 314 g/mol. The van der Waals surface area contributed by atoms with Gasteiger partial charge in [-0.2, -0.15) is 10.5 Å². The number of hydrogen-bond donors (Lipinski definition) is 1. The van der Waals surface area contributed by atoms with Gasteiger partial charge in [0.2, 0.25) is 0 Å². The molecule has 0 atom stereocenters. The third kappa shape index (κ3) is 5.00. The number of carboxylic acids is 1. The summed E-state index contributed by atoms with van der Waals surface area (Å²) in [5.74, 6) is -1.04. The van der Waals surface area contributed by atoms with Crippen molar-refractivity contribution >= 4 is 22.8 Å². The lowest BCUT2D eigenvalue weighted by atomic mass is 10.2. The SMILES string of the molecule is N#Cc1ccc(C(=O)Cl)cn1.N#Cc1ccc(C(=O)O)cn1. The number of carbonyl (C=O) groups excluding carboxylic acids is 1. The minimum Gasteiger partial charge on any atom is -0.478 e. The molecule has 0 aliphatic heterocycles. The molecule has 2 rings (SSSR count). The van der Waals surface area contributed by atoms with Crippen LogP contribution in [0.25, 0.3) is 0 Å². The number of carboxylic acid groups (broad SMARTS) is 1. The Labute approximate surface area is 130 Å². The summed E-state index contributed by atoms with van der Waals surface area (Å²) in [5.41, 5.74) is 0.872. The normalized spacial score (nSPS) is 8.68. The van der Waals surface area contributed by atoms with Gasteiger partial charge in [-0.1, -0.05) is 0 Å². The van der Waals surface area contributed by atoms with E-state index in [1.165, 1.54) is 30.5 Å². The minimum absolute atomic E-state index is 0.0870. The fourth-order valence-corrected chi connectivity index (χ4v) is 1.27. The summed E-state index contributed by atoms with van der Waals surface area (Å²) < 4.78 is 0. The Kier molecular flexibility index (Phi) is 6.17. The molecular formula is C14H7ClN4O3. The fourth-order valence-electron chi connectivity index (χ4n) is 1.16. The Morgan fingerprint density at radius 1 is 0.955 bits per heavy atom. The van der Waals surface area contributed by atoms with Crippen molar-refractivity contribution in [1.82, 2.24) is 9.97 Å². The van der Waals surface area contributed by atoms with Crippen LogP contribution >= 0.6 is 11.6 Å². The van der Waals surface area contributed by atoms with E-state index < -0.39 is 11.2 Å². The number of pyridine rings is 2. The molecule has 0 unspecified atom stereocenters. The van der Waals surface area contributed by atoms with E-state index in [1.807, 2.05) is 6.07 Å². The number of nitriles is 2. The van der Waals surface area contributed by atoms with Gasteiger partial charge in [-0.15, -0.1) is 0 Å². The Balaban J connectivity index is 0.000000220. The molecule has 108 valence electrons. The second-order valence-electron chi connectivity index (χ2n) is 3.67. The van der Waals surface area contributed by atoms with Crippen molar-refractivity contribution in [3.8, 4) is 12.1 Å². The topological polar surface area (TPSA) is 128 Å². The summed E-state index contributed by atoms with van der Waals surface area (Å²) in [6, 6.07) is 9.22. The summed E-state index contributed by atoms with van der Waals surface area (Å²) in [5, 5.41) is 24.5. The number of rotatable bonds is 2. The first-order valence-corrected chi connectivity index (χ1v) is 6.01. The van der Waals surface area contributed by atoms with Crippen LogP contribution in [-0.2, 0) is 0 Å². The van der Waals surface area contributed by atoms with Crippen molar-refractivity contribution in [2.24, 2.45) is 0 Å². The number of carbonyl (C=O) groups is 2. The largest absolute Gasteiger partial charge is 0.478 e. The molecule has 0 aliphatic carbocycles. The van der Waals surface area contributed by atoms with E-state index in [9.17, 15) is 9.59 Å². The van der Waals surface area contributed by atoms with E-state index in [4.69, 9.17) is 27.2 Å². The van der Waals surface area contributed by atoms with E-state index in [2.05, 4.69) is 9.97 Å². The zero-order valence-electron chi connectivity index (χ0n) is 10.9. The molecule has 2 aromatic heterocycles. The zero-order chi connectivity index (χ0) is 16.5. The van der Waals surface area contributed by atoms with E-state index in [0.717, 1.165) is 6.20 Å². The average Bonchev–Trinajstić information content (AvgIpc) is 2.55. The average molecular weight is 315 g/mol.